The molecule has 2 fully saturated rings. The molecule has 2 aliphatic rings. The number of amides is 4. The summed E-state index contributed by atoms with van der Waals surface area (Å²) in [7, 11) is 0.805. The summed E-state index contributed by atoms with van der Waals surface area (Å²) >= 11 is 0. The van der Waals surface area contributed by atoms with Gasteiger partial charge in [-0.25, -0.2) is 17.5 Å². The van der Waals surface area contributed by atoms with Crippen LogP contribution in [0.25, 0.3) is 0 Å². The number of sulfonamides is 1. The Bertz CT molecular complexity index is 938. The highest BCUT2D eigenvalue weighted by atomic mass is 32.2. The van der Waals surface area contributed by atoms with Crippen molar-refractivity contribution < 1.29 is 22.8 Å². The predicted molar refractivity (Wildman–Crippen MR) is 107 cm³/mol. The number of nitrogens with zero attached hydrogens (tertiary/aromatic N) is 3. The topological polar surface area (TPSA) is 107 Å². The minimum atomic E-state index is -3.64. The molecule has 9 nitrogen and oxygen atoms in total. The fourth-order valence-corrected chi connectivity index (χ4v) is 4.91. The zero-order chi connectivity index (χ0) is 21.4. The van der Waals surface area contributed by atoms with Crippen LogP contribution < -0.4 is 5.32 Å². The van der Waals surface area contributed by atoms with Crippen LogP contribution >= 0.6 is 0 Å². The number of carbonyl (C=O) groups excluding carboxylic acids is 3. The Morgan fingerprint density at radius 1 is 1.17 bits per heavy atom. The van der Waals surface area contributed by atoms with Crippen molar-refractivity contribution in [1.29, 1.82) is 0 Å². The molecule has 1 aliphatic carbocycles. The number of hydrogen-bond acceptors (Lipinski definition) is 5. The van der Waals surface area contributed by atoms with Crippen molar-refractivity contribution in [2.24, 2.45) is 0 Å². The molecule has 0 unspecified atom stereocenters. The number of hydrogen-bond donors (Lipinski definition) is 1. The Kier molecular flexibility index (Phi) is 5.68. The maximum atomic E-state index is 13.0. The summed E-state index contributed by atoms with van der Waals surface area (Å²) < 4.78 is 25.6. The Balaban J connectivity index is 1.73. The van der Waals surface area contributed by atoms with Crippen LogP contribution in [-0.4, -0.2) is 73.6 Å². The fourth-order valence-electron chi connectivity index (χ4n) is 3.96. The van der Waals surface area contributed by atoms with Gasteiger partial charge in [-0.15, -0.1) is 0 Å². The van der Waals surface area contributed by atoms with E-state index in [0.717, 1.165) is 28.5 Å². The summed E-state index contributed by atoms with van der Waals surface area (Å²) in [6, 6.07) is 5.37. The number of imide groups is 1. The average Bonchev–Trinajstić information content (AvgIpc) is 2.85. The molecule has 10 heteroatoms. The lowest BCUT2D eigenvalue weighted by atomic mass is 9.81. The zero-order valence-corrected chi connectivity index (χ0v) is 17.7. The third-order valence-corrected chi connectivity index (χ3v) is 7.49. The van der Waals surface area contributed by atoms with E-state index in [4.69, 9.17) is 0 Å². The van der Waals surface area contributed by atoms with Gasteiger partial charge in [-0.1, -0.05) is 25.3 Å². The Morgan fingerprint density at radius 2 is 1.83 bits per heavy atom. The van der Waals surface area contributed by atoms with Gasteiger partial charge >= 0.3 is 6.03 Å². The molecule has 29 heavy (non-hydrogen) atoms. The molecule has 0 bridgehead atoms. The van der Waals surface area contributed by atoms with Crippen LogP contribution in [0.1, 0.15) is 32.1 Å². The lowest BCUT2D eigenvalue weighted by Gasteiger charge is -2.35. The molecule has 3 rings (SSSR count). The van der Waals surface area contributed by atoms with E-state index in [9.17, 15) is 22.8 Å². The van der Waals surface area contributed by atoms with Crippen LogP contribution in [0.3, 0.4) is 0 Å². The van der Waals surface area contributed by atoms with Crippen LogP contribution in [0.15, 0.2) is 29.2 Å². The van der Waals surface area contributed by atoms with E-state index >= 15 is 0 Å². The van der Waals surface area contributed by atoms with Crippen molar-refractivity contribution in [3.05, 3.63) is 24.3 Å². The van der Waals surface area contributed by atoms with Crippen molar-refractivity contribution in [1.82, 2.24) is 14.1 Å². The van der Waals surface area contributed by atoms with Gasteiger partial charge in [-0.2, -0.15) is 0 Å². The third kappa shape index (κ3) is 3.74. The smallest absolute Gasteiger partial charge is 0.324 e. The molecular formula is C19H26N4O5S. The Morgan fingerprint density at radius 3 is 2.45 bits per heavy atom. The zero-order valence-electron chi connectivity index (χ0n) is 16.8. The molecule has 1 aromatic carbocycles. The summed E-state index contributed by atoms with van der Waals surface area (Å²) in [5, 5.41) is 2.58. The van der Waals surface area contributed by atoms with E-state index in [0.29, 0.717) is 12.8 Å². The minimum Gasteiger partial charge on any atom is -0.324 e. The average molecular weight is 423 g/mol. The highest BCUT2D eigenvalue weighted by molar-refractivity contribution is 7.89. The van der Waals surface area contributed by atoms with E-state index in [2.05, 4.69) is 5.32 Å². The van der Waals surface area contributed by atoms with Gasteiger partial charge in [0.2, 0.25) is 15.9 Å². The lowest BCUT2D eigenvalue weighted by Crippen LogP contribution is -2.49. The summed E-state index contributed by atoms with van der Waals surface area (Å²) in [5.74, 6) is -0.892. The van der Waals surface area contributed by atoms with Gasteiger partial charge in [0.1, 0.15) is 12.1 Å². The van der Waals surface area contributed by atoms with Gasteiger partial charge < -0.3 is 10.2 Å². The van der Waals surface area contributed by atoms with Crippen LogP contribution in [0.4, 0.5) is 10.5 Å². The molecule has 1 aliphatic heterocycles. The SMILES string of the molecule is CN1C(=O)N(CC(=O)Nc2cccc(S(=O)(=O)N(C)C)c2)C(=O)C12CCCCC2. The number of anilines is 1. The summed E-state index contributed by atoms with van der Waals surface area (Å²) in [6.45, 7) is -0.408. The van der Waals surface area contributed by atoms with Crippen molar-refractivity contribution in [3.63, 3.8) is 0 Å². The second kappa shape index (κ2) is 7.75. The molecule has 4 amide bonds. The maximum Gasteiger partial charge on any atom is 0.327 e. The molecule has 1 saturated carbocycles. The molecule has 0 atom stereocenters. The monoisotopic (exact) mass is 422 g/mol. The second-order valence-corrected chi connectivity index (χ2v) is 9.84. The van der Waals surface area contributed by atoms with Crippen molar-refractivity contribution in [2.75, 3.05) is 33.0 Å². The van der Waals surface area contributed by atoms with Crippen LogP contribution in [0.5, 0.6) is 0 Å². The van der Waals surface area contributed by atoms with Gasteiger partial charge in [0.25, 0.3) is 5.91 Å². The summed E-state index contributed by atoms with van der Waals surface area (Å²) in [5.41, 5.74) is -0.562. The standard InChI is InChI=1S/C19H26N4O5S/c1-21(2)29(27,28)15-9-7-8-14(12-15)20-16(24)13-23-17(25)19(22(3)18(23)26)10-5-4-6-11-19/h7-9,12H,4-6,10-11,13H2,1-3H3,(H,20,24). The normalized spacial score (nSPS) is 19.3. The second-order valence-electron chi connectivity index (χ2n) is 7.69. The molecule has 0 aromatic heterocycles. The molecule has 0 radical (unpaired) electrons. The number of likely N-dealkylation sites (N-methyl/N-ethyl adjacent to an activating group) is 1. The number of carbonyl (C=O) groups is 3. The number of rotatable bonds is 5. The van der Waals surface area contributed by atoms with Crippen LogP contribution in [0.2, 0.25) is 0 Å². The van der Waals surface area contributed by atoms with Gasteiger partial charge in [0, 0.05) is 26.8 Å². The van der Waals surface area contributed by atoms with Gasteiger partial charge in [0.05, 0.1) is 4.90 Å². The number of benzene rings is 1. The van der Waals surface area contributed by atoms with E-state index in [1.165, 1.54) is 37.2 Å². The molecule has 1 N–H and O–H groups in total. The highest BCUT2D eigenvalue weighted by Gasteiger charge is 2.55. The first-order valence-electron chi connectivity index (χ1n) is 9.52. The molecule has 1 spiro atoms. The van der Waals surface area contributed by atoms with Crippen molar-refractivity contribution in [2.45, 2.75) is 42.5 Å². The Labute approximate surface area is 170 Å². The van der Waals surface area contributed by atoms with E-state index < -0.39 is 34.0 Å². The maximum absolute atomic E-state index is 13.0. The van der Waals surface area contributed by atoms with E-state index in [1.807, 2.05) is 0 Å². The predicted octanol–water partition coefficient (Wildman–Crippen LogP) is 1.47. The first-order valence-corrected chi connectivity index (χ1v) is 11.0. The fraction of sp³-hybridized carbons (Fsp3) is 0.526. The Hall–Kier alpha value is -2.46. The van der Waals surface area contributed by atoms with Crippen LogP contribution in [-0.2, 0) is 19.6 Å². The minimum absolute atomic E-state index is 0.0366. The first-order chi connectivity index (χ1) is 13.6. The molecule has 1 saturated heterocycles. The van der Waals surface area contributed by atoms with Gasteiger partial charge in [-0.05, 0) is 31.0 Å². The highest BCUT2D eigenvalue weighted by Crippen LogP contribution is 2.39. The molecule has 1 heterocycles. The summed E-state index contributed by atoms with van der Waals surface area (Å²) in [4.78, 5) is 40.5. The van der Waals surface area contributed by atoms with Crippen molar-refractivity contribution in [3.8, 4) is 0 Å². The molecule has 1 aromatic rings. The largest absolute Gasteiger partial charge is 0.327 e. The summed E-state index contributed by atoms with van der Waals surface area (Å²) in [6.07, 6.45) is 3.99. The number of nitrogens with one attached hydrogen (secondary N) is 1. The van der Waals surface area contributed by atoms with Crippen LogP contribution in [0, 0.1) is 0 Å². The molecule has 158 valence electrons. The van der Waals surface area contributed by atoms with Gasteiger partial charge in [0.15, 0.2) is 0 Å². The third-order valence-electron chi connectivity index (χ3n) is 5.68. The molecular weight excluding hydrogens is 396 g/mol. The van der Waals surface area contributed by atoms with E-state index in [1.54, 1.807) is 13.1 Å². The first kappa shape index (κ1) is 21.3. The van der Waals surface area contributed by atoms with Crippen molar-refractivity contribution >= 4 is 33.6 Å². The lowest BCUT2D eigenvalue weighted by molar-refractivity contribution is -0.136. The quantitative estimate of drug-likeness (QED) is 0.723. The van der Waals surface area contributed by atoms with E-state index in [-0.39, 0.29) is 16.5 Å². The van der Waals surface area contributed by atoms with Gasteiger partial charge in [-0.3, -0.25) is 14.5 Å². The number of urea groups is 1.